The highest BCUT2D eigenvalue weighted by atomic mass is 16.4. The first-order valence-electron chi connectivity index (χ1n) is 5.19. The number of carbonyl (C=O) groups is 1. The van der Waals surface area contributed by atoms with Crippen LogP contribution in [-0.4, -0.2) is 35.6 Å². The molecule has 3 nitrogen and oxygen atoms in total. The summed E-state index contributed by atoms with van der Waals surface area (Å²) in [5.74, 6) is -0.585. The molecule has 0 radical (unpaired) electrons. The Morgan fingerprint density at radius 1 is 1.23 bits per heavy atom. The lowest BCUT2D eigenvalue weighted by molar-refractivity contribution is -0.144. The summed E-state index contributed by atoms with van der Waals surface area (Å²) in [5.41, 5.74) is -0.350. The van der Waals surface area contributed by atoms with Crippen LogP contribution in [0.5, 0.6) is 0 Å². The SMILES string of the molecule is O=C(O)C1(CN2CCCCC2)CC1. The van der Waals surface area contributed by atoms with E-state index in [4.69, 9.17) is 5.11 Å². The molecule has 0 unspecified atom stereocenters. The van der Waals surface area contributed by atoms with Crippen molar-refractivity contribution in [2.75, 3.05) is 19.6 Å². The molecule has 1 saturated heterocycles. The monoisotopic (exact) mass is 183 g/mol. The molecule has 1 aliphatic carbocycles. The maximum atomic E-state index is 10.9. The van der Waals surface area contributed by atoms with Gasteiger partial charge in [-0.2, -0.15) is 0 Å². The smallest absolute Gasteiger partial charge is 0.310 e. The van der Waals surface area contributed by atoms with Crippen molar-refractivity contribution in [1.29, 1.82) is 0 Å². The Morgan fingerprint density at radius 3 is 2.31 bits per heavy atom. The van der Waals surface area contributed by atoms with Crippen molar-refractivity contribution in [3.05, 3.63) is 0 Å². The van der Waals surface area contributed by atoms with E-state index in [1.807, 2.05) is 0 Å². The molecule has 2 aliphatic rings. The molecule has 0 amide bonds. The molecule has 1 heterocycles. The van der Waals surface area contributed by atoms with Crippen LogP contribution in [0.25, 0.3) is 0 Å². The molecular formula is C10H17NO2. The van der Waals surface area contributed by atoms with Gasteiger partial charge in [0, 0.05) is 6.54 Å². The van der Waals surface area contributed by atoms with Crippen LogP contribution in [0.1, 0.15) is 32.1 Å². The Morgan fingerprint density at radius 2 is 1.85 bits per heavy atom. The molecule has 2 rings (SSSR count). The molecule has 0 aromatic heterocycles. The fourth-order valence-electron chi connectivity index (χ4n) is 2.14. The van der Waals surface area contributed by atoms with Crippen LogP contribution in [0.3, 0.4) is 0 Å². The van der Waals surface area contributed by atoms with Crippen molar-refractivity contribution in [2.24, 2.45) is 5.41 Å². The topological polar surface area (TPSA) is 40.5 Å². The van der Waals surface area contributed by atoms with E-state index in [0.29, 0.717) is 0 Å². The third-order valence-electron chi connectivity index (χ3n) is 3.28. The van der Waals surface area contributed by atoms with E-state index in [1.165, 1.54) is 19.3 Å². The summed E-state index contributed by atoms with van der Waals surface area (Å²) in [5, 5.41) is 9.01. The highest BCUT2D eigenvalue weighted by Gasteiger charge is 2.51. The first-order valence-corrected chi connectivity index (χ1v) is 5.19. The van der Waals surface area contributed by atoms with Gasteiger partial charge in [0.15, 0.2) is 0 Å². The normalized spacial score (nSPS) is 27.1. The molecule has 3 heteroatoms. The summed E-state index contributed by atoms with van der Waals surface area (Å²) in [6.45, 7) is 3.01. The van der Waals surface area contributed by atoms with E-state index in [0.717, 1.165) is 32.5 Å². The standard InChI is InChI=1S/C10H17NO2/c12-9(13)10(4-5-10)8-11-6-2-1-3-7-11/h1-8H2,(H,12,13). The van der Waals surface area contributed by atoms with Gasteiger partial charge in [-0.1, -0.05) is 6.42 Å². The number of hydrogen-bond donors (Lipinski definition) is 1. The zero-order valence-electron chi connectivity index (χ0n) is 7.96. The lowest BCUT2D eigenvalue weighted by atomic mass is 10.0. The lowest BCUT2D eigenvalue weighted by Crippen LogP contribution is -2.37. The predicted molar refractivity (Wildman–Crippen MR) is 49.6 cm³/mol. The second-order valence-electron chi connectivity index (χ2n) is 4.42. The Balaban J connectivity index is 1.86. The van der Waals surface area contributed by atoms with Crippen molar-refractivity contribution in [2.45, 2.75) is 32.1 Å². The van der Waals surface area contributed by atoms with Gasteiger partial charge in [-0.05, 0) is 38.8 Å². The number of rotatable bonds is 3. The summed E-state index contributed by atoms with van der Waals surface area (Å²) in [6, 6.07) is 0. The highest BCUT2D eigenvalue weighted by Crippen LogP contribution is 2.46. The lowest BCUT2D eigenvalue weighted by Gasteiger charge is -2.28. The summed E-state index contributed by atoms with van der Waals surface area (Å²) in [4.78, 5) is 13.3. The molecular weight excluding hydrogens is 166 g/mol. The predicted octanol–water partition coefficient (Wildman–Crippen LogP) is 1.34. The van der Waals surface area contributed by atoms with Crippen LogP contribution in [0, 0.1) is 5.41 Å². The molecule has 0 bridgehead atoms. The zero-order chi connectivity index (χ0) is 9.31. The first kappa shape index (κ1) is 9.00. The average molecular weight is 183 g/mol. The van der Waals surface area contributed by atoms with E-state index in [2.05, 4.69) is 4.90 Å². The minimum absolute atomic E-state index is 0.350. The molecule has 13 heavy (non-hydrogen) atoms. The number of nitrogens with zero attached hydrogens (tertiary/aromatic N) is 1. The number of aliphatic carboxylic acids is 1. The summed E-state index contributed by atoms with van der Waals surface area (Å²) in [7, 11) is 0. The number of carboxylic acids is 1. The third kappa shape index (κ3) is 1.85. The third-order valence-corrected chi connectivity index (χ3v) is 3.28. The van der Waals surface area contributed by atoms with Crippen molar-refractivity contribution in [3.63, 3.8) is 0 Å². The minimum atomic E-state index is -0.585. The molecule has 0 spiro atoms. The fraction of sp³-hybridized carbons (Fsp3) is 0.900. The van der Waals surface area contributed by atoms with Crippen LogP contribution in [0.15, 0.2) is 0 Å². The molecule has 1 saturated carbocycles. The number of hydrogen-bond acceptors (Lipinski definition) is 2. The molecule has 0 aromatic rings. The molecule has 1 N–H and O–H groups in total. The number of piperidine rings is 1. The van der Waals surface area contributed by atoms with Gasteiger partial charge in [0.2, 0.25) is 0 Å². The van der Waals surface area contributed by atoms with Crippen LogP contribution in [-0.2, 0) is 4.79 Å². The Labute approximate surface area is 78.7 Å². The van der Waals surface area contributed by atoms with Crippen LogP contribution in [0.4, 0.5) is 0 Å². The Bertz CT molecular complexity index is 205. The van der Waals surface area contributed by atoms with Crippen molar-refractivity contribution >= 4 is 5.97 Å². The quantitative estimate of drug-likeness (QED) is 0.717. The van der Waals surface area contributed by atoms with E-state index in [-0.39, 0.29) is 5.41 Å². The van der Waals surface area contributed by atoms with Crippen LogP contribution >= 0.6 is 0 Å². The van der Waals surface area contributed by atoms with E-state index >= 15 is 0 Å². The second kappa shape index (κ2) is 3.29. The summed E-state index contributed by atoms with van der Waals surface area (Å²) < 4.78 is 0. The van der Waals surface area contributed by atoms with Gasteiger partial charge in [0.25, 0.3) is 0 Å². The van der Waals surface area contributed by atoms with E-state index < -0.39 is 5.97 Å². The molecule has 1 aliphatic heterocycles. The average Bonchev–Trinajstić information content (AvgIpc) is 2.87. The highest BCUT2D eigenvalue weighted by molar-refractivity contribution is 5.78. The van der Waals surface area contributed by atoms with Gasteiger partial charge in [-0.25, -0.2) is 0 Å². The summed E-state index contributed by atoms with van der Waals surface area (Å²) >= 11 is 0. The molecule has 0 aromatic carbocycles. The van der Waals surface area contributed by atoms with Crippen molar-refractivity contribution in [3.8, 4) is 0 Å². The van der Waals surface area contributed by atoms with Crippen molar-refractivity contribution < 1.29 is 9.90 Å². The van der Waals surface area contributed by atoms with Gasteiger partial charge in [0.1, 0.15) is 0 Å². The number of carboxylic acid groups (broad SMARTS) is 1. The van der Waals surface area contributed by atoms with E-state index in [1.54, 1.807) is 0 Å². The maximum Gasteiger partial charge on any atom is 0.310 e. The Hall–Kier alpha value is -0.570. The first-order chi connectivity index (χ1) is 6.23. The maximum absolute atomic E-state index is 10.9. The molecule has 0 atom stereocenters. The molecule has 74 valence electrons. The molecule has 2 fully saturated rings. The van der Waals surface area contributed by atoms with Crippen molar-refractivity contribution in [1.82, 2.24) is 4.90 Å². The van der Waals surface area contributed by atoms with Gasteiger partial charge in [0.05, 0.1) is 5.41 Å². The second-order valence-corrected chi connectivity index (χ2v) is 4.42. The minimum Gasteiger partial charge on any atom is -0.481 e. The number of likely N-dealkylation sites (tertiary alicyclic amines) is 1. The zero-order valence-corrected chi connectivity index (χ0v) is 7.96. The Kier molecular flexibility index (Phi) is 2.28. The van der Waals surface area contributed by atoms with Gasteiger partial charge in [-0.3, -0.25) is 4.79 Å². The fourth-order valence-corrected chi connectivity index (χ4v) is 2.14. The van der Waals surface area contributed by atoms with E-state index in [9.17, 15) is 4.79 Å². The van der Waals surface area contributed by atoms with Gasteiger partial charge < -0.3 is 10.0 Å². The van der Waals surface area contributed by atoms with Gasteiger partial charge in [-0.15, -0.1) is 0 Å². The van der Waals surface area contributed by atoms with Crippen LogP contribution < -0.4 is 0 Å². The largest absolute Gasteiger partial charge is 0.481 e. The van der Waals surface area contributed by atoms with Gasteiger partial charge >= 0.3 is 5.97 Å². The summed E-state index contributed by atoms with van der Waals surface area (Å²) in [6.07, 6.45) is 5.58. The van der Waals surface area contributed by atoms with Crippen LogP contribution in [0.2, 0.25) is 0 Å².